The number of pyridine rings is 1. The second-order valence-electron chi connectivity index (χ2n) is 7.15. The van der Waals surface area contributed by atoms with Gasteiger partial charge in [0, 0.05) is 17.0 Å². The molecule has 4 rings (SSSR count). The minimum absolute atomic E-state index is 0.250. The zero-order chi connectivity index (χ0) is 23.4. The number of aromatic nitrogens is 1. The molecule has 166 valence electrons. The fourth-order valence-electron chi connectivity index (χ4n) is 3.50. The molecule has 0 fully saturated rings. The van der Waals surface area contributed by atoms with Crippen molar-refractivity contribution in [2.45, 2.75) is 6.92 Å². The maximum atomic E-state index is 13.2. The number of aliphatic imine (C=N–C) groups is 1. The number of aromatic hydroxyl groups is 1. The van der Waals surface area contributed by atoms with E-state index in [2.05, 4.69) is 4.99 Å². The van der Waals surface area contributed by atoms with Crippen LogP contribution in [0.4, 0.5) is 5.69 Å². The van der Waals surface area contributed by atoms with Gasteiger partial charge < -0.3 is 14.6 Å². The SMILES string of the molecule is CCOC(=O)c1ccc(-n2c(O)c(C=Nc3ccc(OC)cc3)c3ccccc3c2=O)cc1. The maximum Gasteiger partial charge on any atom is 0.338 e. The molecule has 0 aliphatic carbocycles. The van der Waals surface area contributed by atoms with Crippen LogP contribution >= 0.6 is 0 Å². The zero-order valence-electron chi connectivity index (χ0n) is 18.2. The highest BCUT2D eigenvalue weighted by molar-refractivity contribution is 6.02. The lowest BCUT2D eigenvalue weighted by atomic mass is 10.1. The van der Waals surface area contributed by atoms with E-state index in [1.165, 1.54) is 10.8 Å². The Morgan fingerprint density at radius 3 is 2.30 bits per heavy atom. The van der Waals surface area contributed by atoms with Crippen LogP contribution in [-0.4, -0.2) is 35.6 Å². The first-order valence-electron chi connectivity index (χ1n) is 10.4. The van der Waals surface area contributed by atoms with Gasteiger partial charge in [0.15, 0.2) is 0 Å². The number of ether oxygens (including phenoxy) is 2. The molecule has 0 spiro atoms. The van der Waals surface area contributed by atoms with Gasteiger partial charge in [0.25, 0.3) is 5.56 Å². The van der Waals surface area contributed by atoms with Crippen molar-refractivity contribution in [3.63, 3.8) is 0 Å². The Kier molecular flexibility index (Phi) is 6.22. The van der Waals surface area contributed by atoms with Gasteiger partial charge in [-0.1, -0.05) is 18.2 Å². The monoisotopic (exact) mass is 442 g/mol. The van der Waals surface area contributed by atoms with Gasteiger partial charge in [-0.3, -0.25) is 9.79 Å². The third-order valence-electron chi connectivity index (χ3n) is 5.16. The molecule has 0 atom stereocenters. The first-order chi connectivity index (χ1) is 16.0. The van der Waals surface area contributed by atoms with E-state index in [4.69, 9.17) is 9.47 Å². The minimum atomic E-state index is -0.452. The van der Waals surface area contributed by atoms with Crippen LogP contribution in [0.25, 0.3) is 16.5 Å². The van der Waals surface area contributed by atoms with Gasteiger partial charge in [-0.25, -0.2) is 9.36 Å². The minimum Gasteiger partial charge on any atom is -0.497 e. The Morgan fingerprint density at radius 2 is 1.67 bits per heavy atom. The number of carbonyl (C=O) groups is 1. The Labute approximate surface area is 190 Å². The van der Waals surface area contributed by atoms with E-state index < -0.39 is 5.97 Å². The predicted molar refractivity (Wildman–Crippen MR) is 127 cm³/mol. The number of fused-ring (bicyclic) bond motifs is 1. The molecule has 33 heavy (non-hydrogen) atoms. The molecule has 1 aromatic heterocycles. The number of esters is 1. The van der Waals surface area contributed by atoms with Crippen molar-refractivity contribution in [3.8, 4) is 17.3 Å². The molecule has 0 radical (unpaired) electrons. The summed E-state index contributed by atoms with van der Waals surface area (Å²) in [4.78, 5) is 29.6. The third-order valence-corrected chi connectivity index (χ3v) is 5.16. The van der Waals surface area contributed by atoms with Gasteiger partial charge in [0.1, 0.15) is 5.75 Å². The lowest BCUT2D eigenvalue weighted by Gasteiger charge is -2.14. The van der Waals surface area contributed by atoms with Crippen molar-refractivity contribution in [3.05, 3.63) is 94.3 Å². The van der Waals surface area contributed by atoms with E-state index in [-0.39, 0.29) is 18.0 Å². The molecule has 0 aliphatic heterocycles. The number of benzene rings is 3. The lowest BCUT2D eigenvalue weighted by Crippen LogP contribution is -2.20. The summed E-state index contributed by atoms with van der Waals surface area (Å²) in [6.07, 6.45) is 1.53. The summed E-state index contributed by atoms with van der Waals surface area (Å²) in [7, 11) is 1.59. The van der Waals surface area contributed by atoms with E-state index in [1.54, 1.807) is 86.8 Å². The van der Waals surface area contributed by atoms with Gasteiger partial charge in [-0.05, 0) is 61.5 Å². The average molecular weight is 442 g/mol. The topological polar surface area (TPSA) is 90.1 Å². The second kappa shape index (κ2) is 9.40. The van der Waals surface area contributed by atoms with Crippen LogP contribution < -0.4 is 10.3 Å². The van der Waals surface area contributed by atoms with Crippen molar-refractivity contribution in [2.24, 2.45) is 4.99 Å². The summed E-state index contributed by atoms with van der Waals surface area (Å²) in [5.41, 5.74) is 1.45. The van der Waals surface area contributed by atoms with E-state index in [0.717, 1.165) is 0 Å². The van der Waals surface area contributed by atoms with E-state index >= 15 is 0 Å². The van der Waals surface area contributed by atoms with Crippen LogP contribution in [0.1, 0.15) is 22.8 Å². The zero-order valence-corrected chi connectivity index (χ0v) is 18.2. The quantitative estimate of drug-likeness (QED) is 0.347. The summed E-state index contributed by atoms with van der Waals surface area (Å²) in [5.74, 6) is 0.00773. The van der Waals surface area contributed by atoms with Crippen molar-refractivity contribution >= 4 is 28.6 Å². The number of methoxy groups -OCH3 is 1. The fourth-order valence-corrected chi connectivity index (χ4v) is 3.50. The maximum absolute atomic E-state index is 13.2. The van der Waals surface area contributed by atoms with Crippen molar-refractivity contribution in [1.29, 1.82) is 0 Å². The number of hydrogen-bond acceptors (Lipinski definition) is 6. The smallest absolute Gasteiger partial charge is 0.338 e. The Morgan fingerprint density at radius 1 is 1.00 bits per heavy atom. The molecular formula is C26H22N2O5. The van der Waals surface area contributed by atoms with Crippen LogP contribution in [0, 0.1) is 0 Å². The van der Waals surface area contributed by atoms with Crippen LogP contribution in [0.3, 0.4) is 0 Å². The highest BCUT2D eigenvalue weighted by Crippen LogP contribution is 2.27. The van der Waals surface area contributed by atoms with Crippen molar-refractivity contribution in [2.75, 3.05) is 13.7 Å². The lowest BCUT2D eigenvalue weighted by molar-refractivity contribution is 0.0526. The molecule has 0 amide bonds. The highest BCUT2D eigenvalue weighted by Gasteiger charge is 2.17. The van der Waals surface area contributed by atoms with Crippen molar-refractivity contribution < 1.29 is 19.4 Å². The molecule has 0 saturated carbocycles. The molecule has 7 nitrogen and oxygen atoms in total. The Balaban J connectivity index is 1.83. The summed E-state index contributed by atoms with van der Waals surface area (Å²) >= 11 is 0. The fraction of sp³-hybridized carbons (Fsp3) is 0.115. The molecule has 0 bridgehead atoms. The summed E-state index contributed by atoms with van der Waals surface area (Å²) < 4.78 is 11.4. The number of rotatable bonds is 6. The normalized spacial score (nSPS) is 11.1. The highest BCUT2D eigenvalue weighted by atomic mass is 16.5. The van der Waals surface area contributed by atoms with Gasteiger partial charge in [-0.2, -0.15) is 0 Å². The summed E-state index contributed by atoms with van der Waals surface area (Å²) in [6, 6.07) is 20.5. The molecule has 0 unspecified atom stereocenters. The number of carbonyl (C=O) groups excluding carboxylic acids is 1. The first-order valence-corrected chi connectivity index (χ1v) is 10.4. The van der Waals surface area contributed by atoms with Crippen LogP contribution in [0.2, 0.25) is 0 Å². The Hall–Kier alpha value is -4.39. The third kappa shape index (κ3) is 4.34. The van der Waals surface area contributed by atoms with Gasteiger partial charge in [0.2, 0.25) is 5.88 Å². The van der Waals surface area contributed by atoms with E-state index in [0.29, 0.717) is 39.0 Å². The summed E-state index contributed by atoms with van der Waals surface area (Å²) in [6.45, 7) is 2.00. The molecular weight excluding hydrogens is 420 g/mol. The first kappa shape index (κ1) is 21.8. The van der Waals surface area contributed by atoms with Crippen LogP contribution in [0.5, 0.6) is 11.6 Å². The molecule has 1 heterocycles. The molecule has 1 N–H and O–H groups in total. The standard InChI is InChI=1S/C26H22N2O5/c1-3-33-26(31)17-8-12-19(13-9-17)28-24(29)22-7-5-4-6-21(22)23(25(28)30)16-27-18-10-14-20(32-2)15-11-18/h4-16,30H,3H2,1-2H3. The molecule has 7 heteroatoms. The van der Waals surface area contributed by atoms with Gasteiger partial charge in [-0.15, -0.1) is 0 Å². The largest absolute Gasteiger partial charge is 0.497 e. The molecule has 0 saturated heterocycles. The van der Waals surface area contributed by atoms with E-state index in [9.17, 15) is 14.7 Å². The van der Waals surface area contributed by atoms with Crippen LogP contribution in [-0.2, 0) is 4.74 Å². The number of nitrogens with zero attached hydrogens (tertiary/aromatic N) is 2. The average Bonchev–Trinajstić information content (AvgIpc) is 2.85. The molecule has 4 aromatic rings. The van der Waals surface area contributed by atoms with Crippen LogP contribution in [0.15, 0.2) is 82.6 Å². The van der Waals surface area contributed by atoms with Gasteiger partial charge >= 0.3 is 5.97 Å². The van der Waals surface area contributed by atoms with E-state index in [1.807, 2.05) is 0 Å². The molecule has 3 aromatic carbocycles. The van der Waals surface area contributed by atoms with Gasteiger partial charge in [0.05, 0.1) is 36.2 Å². The second-order valence-corrected chi connectivity index (χ2v) is 7.15. The summed E-state index contributed by atoms with van der Waals surface area (Å²) in [5, 5.41) is 12.1. The van der Waals surface area contributed by atoms with Crippen molar-refractivity contribution in [1.82, 2.24) is 4.57 Å². The Bertz CT molecular complexity index is 1390. The number of hydrogen-bond donors (Lipinski definition) is 1. The predicted octanol–water partition coefficient (Wildman–Crippen LogP) is 4.63. The molecule has 0 aliphatic rings.